The van der Waals surface area contributed by atoms with E-state index in [1.165, 1.54) is 29.5 Å². The van der Waals surface area contributed by atoms with Gasteiger partial charge >= 0.3 is 5.97 Å². The summed E-state index contributed by atoms with van der Waals surface area (Å²) in [5, 5.41) is 0. The first kappa shape index (κ1) is 18.6. The Bertz CT molecular complexity index is 827. The highest BCUT2D eigenvalue weighted by Crippen LogP contribution is 2.46. The monoisotopic (exact) mass is 355 g/mol. The molecule has 0 radical (unpaired) electrons. The summed E-state index contributed by atoms with van der Waals surface area (Å²) in [4.78, 5) is 11.8. The minimum absolute atomic E-state index is 0.0308. The smallest absolute Gasteiger partial charge is 0.307 e. The number of halogens is 1. The third-order valence-electron chi connectivity index (χ3n) is 4.98. The lowest BCUT2D eigenvalue weighted by atomic mass is 9.89. The first-order chi connectivity index (χ1) is 12.4. The van der Waals surface area contributed by atoms with E-state index >= 15 is 0 Å². The van der Waals surface area contributed by atoms with Gasteiger partial charge in [0.25, 0.3) is 0 Å². The largest absolute Gasteiger partial charge is 0.466 e. The lowest BCUT2D eigenvalue weighted by Gasteiger charge is -2.18. The molecule has 0 aromatic heterocycles. The highest BCUT2D eigenvalue weighted by molar-refractivity contribution is 5.74. The molecule has 0 aliphatic heterocycles. The molecule has 0 heterocycles. The average molecular weight is 355 g/mol. The van der Waals surface area contributed by atoms with Crippen molar-refractivity contribution in [2.75, 3.05) is 6.61 Å². The third-order valence-corrected chi connectivity index (χ3v) is 4.98. The molecule has 4 heteroatoms. The van der Waals surface area contributed by atoms with Crippen molar-refractivity contribution < 1.29 is 13.9 Å². The van der Waals surface area contributed by atoms with Crippen LogP contribution in [0.1, 0.15) is 60.4 Å². The van der Waals surface area contributed by atoms with Crippen molar-refractivity contribution in [3.05, 3.63) is 58.4 Å². The Hall–Kier alpha value is -2.20. The molecule has 26 heavy (non-hydrogen) atoms. The van der Waals surface area contributed by atoms with Crippen molar-refractivity contribution in [3.63, 3.8) is 0 Å². The van der Waals surface area contributed by atoms with Gasteiger partial charge < -0.3 is 10.5 Å². The molecule has 1 saturated carbocycles. The molecule has 2 aromatic rings. The fraction of sp³-hybridized carbons (Fsp3) is 0.409. The van der Waals surface area contributed by atoms with Crippen molar-refractivity contribution >= 4 is 5.97 Å². The standard InChI is InChI=1S/C22H26FNO2/c1-4-26-20(25)12-19(24)18-11-16(10-14(3)22(18)23)21-13(2)6-5-7-17(21)15-8-9-15/h5-7,10-11,15,19H,4,8-9,12,24H2,1-3H3/t19-/m0/s1. The summed E-state index contributed by atoms with van der Waals surface area (Å²) in [6.07, 6.45) is 2.37. The molecule has 0 bridgehead atoms. The van der Waals surface area contributed by atoms with E-state index in [9.17, 15) is 9.18 Å². The Balaban J connectivity index is 2.03. The number of aryl methyl sites for hydroxylation is 2. The zero-order valence-electron chi connectivity index (χ0n) is 15.6. The van der Waals surface area contributed by atoms with E-state index < -0.39 is 12.0 Å². The second kappa shape index (κ2) is 7.58. The van der Waals surface area contributed by atoms with Gasteiger partial charge in [0.1, 0.15) is 5.82 Å². The Kier molecular flexibility index (Phi) is 5.42. The number of esters is 1. The van der Waals surface area contributed by atoms with Gasteiger partial charge in [0.2, 0.25) is 0 Å². The van der Waals surface area contributed by atoms with Gasteiger partial charge in [-0.25, -0.2) is 4.39 Å². The SMILES string of the molecule is CCOC(=O)C[C@H](N)c1cc(-c2c(C)cccc2C2CC2)cc(C)c1F. The number of hydrogen-bond donors (Lipinski definition) is 1. The number of benzene rings is 2. The average Bonchev–Trinajstić information content (AvgIpc) is 3.42. The number of carbonyl (C=O) groups is 1. The summed E-state index contributed by atoms with van der Waals surface area (Å²) in [6.45, 7) is 5.86. The summed E-state index contributed by atoms with van der Waals surface area (Å²) >= 11 is 0. The number of rotatable bonds is 6. The van der Waals surface area contributed by atoms with Crippen molar-refractivity contribution in [1.82, 2.24) is 0 Å². The summed E-state index contributed by atoms with van der Waals surface area (Å²) < 4.78 is 19.7. The van der Waals surface area contributed by atoms with Crippen LogP contribution >= 0.6 is 0 Å². The van der Waals surface area contributed by atoms with Crippen LogP contribution in [0, 0.1) is 19.7 Å². The maximum Gasteiger partial charge on any atom is 0.307 e. The summed E-state index contributed by atoms with van der Waals surface area (Å²) in [6, 6.07) is 9.29. The molecule has 0 unspecified atom stereocenters. The van der Waals surface area contributed by atoms with Crippen LogP contribution in [-0.2, 0) is 9.53 Å². The number of carbonyl (C=O) groups excluding carboxylic acids is 1. The van der Waals surface area contributed by atoms with Crippen LogP contribution in [0.4, 0.5) is 4.39 Å². The predicted molar refractivity (Wildman–Crippen MR) is 101 cm³/mol. The molecular formula is C22H26FNO2. The summed E-state index contributed by atoms with van der Waals surface area (Å²) in [5.41, 5.74) is 11.7. The van der Waals surface area contributed by atoms with Crippen molar-refractivity contribution in [2.45, 2.75) is 52.0 Å². The highest BCUT2D eigenvalue weighted by atomic mass is 19.1. The second-order valence-electron chi connectivity index (χ2n) is 7.13. The van der Waals surface area contributed by atoms with Crippen molar-refractivity contribution in [2.24, 2.45) is 5.73 Å². The molecule has 1 atom stereocenters. The van der Waals surface area contributed by atoms with E-state index in [1.54, 1.807) is 19.9 Å². The molecular weight excluding hydrogens is 329 g/mol. The van der Waals surface area contributed by atoms with Crippen molar-refractivity contribution in [1.29, 1.82) is 0 Å². The fourth-order valence-corrected chi connectivity index (χ4v) is 3.54. The third kappa shape index (κ3) is 3.80. The Morgan fingerprint density at radius 1 is 1.27 bits per heavy atom. The van der Waals surface area contributed by atoms with E-state index in [0.29, 0.717) is 23.7 Å². The summed E-state index contributed by atoms with van der Waals surface area (Å²) in [5.74, 6) is -0.156. The van der Waals surface area contributed by atoms with Crippen LogP contribution in [0.15, 0.2) is 30.3 Å². The van der Waals surface area contributed by atoms with Gasteiger partial charge in [-0.2, -0.15) is 0 Å². The van der Waals surface area contributed by atoms with E-state index in [-0.39, 0.29) is 12.2 Å². The van der Waals surface area contributed by atoms with Crippen LogP contribution in [0.25, 0.3) is 11.1 Å². The molecule has 1 aliphatic carbocycles. The highest BCUT2D eigenvalue weighted by Gasteiger charge is 2.28. The first-order valence-electron chi connectivity index (χ1n) is 9.23. The zero-order chi connectivity index (χ0) is 18.8. The summed E-state index contributed by atoms with van der Waals surface area (Å²) in [7, 11) is 0. The molecule has 138 valence electrons. The Morgan fingerprint density at radius 2 is 2.00 bits per heavy atom. The lowest BCUT2D eigenvalue weighted by molar-refractivity contribution is -0.143. The van der Waals surface area contributed by atoms with Crippen LogP contribution in [0.5, 0.6) is 0 Å². The Labute approximate surface area is 154 Å². The van der Waals surface area contributed by atoms with Gasteiger partial charge in [-0.15, -0.1) is 0 Å². The molecule has 0 amide bonds. The van der Waals surface area contributed by atoms with Gasteiger partial charge in [0.05, 0.1) is 13.0 Å². The molecule has 3 rings (SSSR count). The van der Waals surface area contributed by atoms with Crippen LogP contribution in [0.3, 0.4) is 0 Å². The molecule has 0 saturated heterocycles. The number of hydrogen-bond acceptors (Lipinski definition) is 3. The van der Waals surface area contributed by atoms with Crippen LogP contribution < -0.4 is 5.73 Å². The molecule has 2 aromatic carbocycles. The van der Waals surface area contributed by atoms with Gasteiger partial charge in [-0.05, 0) is 79.5 Å². The van der Waals surface area contributed by atoms with E-state index in [1.807, 2.05) is 6.07 Å². The minimum Gasteiger partial charge on any atom is -0.466 e. The van der Waals surface area contributed by atoms with Gasteiger partial charge in [-0.3, -0.25) is 4.79 Å². The van der Waals surface area contributed by atoms with Gasteiger partial charge in [-0.1, -0.05) is 18.2 Å². The molecule has 0 spiro atoms. The zero-order valence-corrected chi connectivity index (χ0v) is 15.6. The van der Waals surface area contributed by atoms with Crippen LogP contribution in [-0.4, -0.2) is 12.6 Å². The maximum atomic E-state index is 14.7. The maximum absolute atomic E-state index is 14.7. The fourth-order valence-electron chi connectivity index (χ4n) is 3.54. The quantitative estimate of drug-likeness (QED) is 0.747. The second-order valence-corrected chi connectivity index (χ2v) is 7.13. The molecule has 3 nitrogen and oxygen atoms in total. The lowest BCUT2D eigenvalue weighted by Crippen LogP contribution is -2.19. The van der Waals surface area contributed by atoms with Crippen molar-refractivity contribution in [3.8, 4) is 11.1 Å². The molecule has 1 aliphatic rings. The van der Waals surface area contributed by atoms with Gasteiger partial charge in [0, 0.05) is 11.6 Å². The first-order valence-corrected chi connectivity index (χ1v) is 9.23. The number of nitrogens with two attached hydrogens (primary N) is 1. The Morgan fingerprint density at radius 3 is 2.65 bits per heavy atom. The van der Waals surface area contributed by atoms with E-state index in [4.69, 9.17) is 10.5 Å². The molecule has 1 fully saturated rings. The number of ether oxygens (including phenoxy) is 1. The van der Waals surface area contributed by atoms with Crippen LogP contribution in [0.2, 0.25) is 0 Å². The van der Waals surface area contributed by atoms with E-state index in [0.717, 1.165) is 5.56 Å². The minimum atomic E-state index is -0.721. The normalized spacial score (nSPS) is 15.0. The van der Waals surface area contributed by atoms with E-state index in [2.05, 4.69) is 25.1 Å². The predicted octanol–water partition coefficient (Wildman–Crippen LogP) is 4.94. The topological polar surface area (TPSA) is 52.3 Å². The molecule has 2 N–H and O–H groups in total. The van der Waals surface area contributed by atoms with Gasteiger partial charge in [0.15, 0.2) is 0 Å².